The van der Waals surface area contributed by atoms with E-state index in [1.807, 2.05) is 19.1 Å². The molecule has 1 aromatic carbocycles. The van der Waals surface area contributed by atoms with Crippen molar-refractivity contribution in [2.24, 2.45) is 0 Å². The van der Waals surface area contributed by atoms with Gasteiger partial charge in [0.05, 0.1) is 18.8 Å². The van der Waals surface area contributed by atoms with Crippen LogP contribution >= 0.6 is 15.9 Å². The van der Waals surface area contributed by atoms with Gasteiger partial charge in [0.15, 0.2) is 0 Å². The summed E-state index contributed by atoms with van der Waals surface area (Å²) in [6.07, 6.45) is 1.65. The number of nitrogens with zero attached hydrogens (tertiary/aromatic N) is 1. The number of benzene rings is 1. The molecule has 0 aliphatic carbocycles. The first-order valence-corrected chi connectivity index (χ1v) is 6.61. The second kappa shape index (κ2) is 6.02. The number of nitrogens with one attached hydrogen (secondary N) is 1. The van der Waals surface area contributed by atoms with Gasteiger partial charge in [-0.1, -0.05) is 22.0 Å². The Hall–Kier alpha value is -1.62. The number of halogens is 2. The first-order valence-electron chi connectivity index (χ1n) is 5.82. The maximum Gasteiger partial charge on any atom is 0.237 e. The van der Waals surface area contributed by atoms with E-state index in [9.17, 15) is 4.39 Å². The van der Waals surface area contributed by atoms with Crippen molar-refractivity contribution in [2.45, 2.75) is 13.0 Å². The number of ether oxygens (including phenoxy) is 1. The molecule has 1 aromatic heterocycles. The average molecular weight is 325 g/mol. The number of aromatic nitrogens is 1. The minimum atomic E-state index is -0.253. The summed E-state index contributed by atoms with van der Waals surface area (Å²) in [6.45, 7) is 1.89. The maximum absolute atomic E-state index is 13.9. The second-order valence-corrected chi connectivity index (χ2v) is 5.01. The third-order valence-electron chi connectivity index (χ3n) is 2.77. The normalized spacial score (nSPS) is 12.0. The monoisotopic (exact) mass is 324 g/mol. The van der Waals surface area contributed by atoms with Crippen LogP contribution in [-0.2, 0) is 0 Å². The molecule has 1 heterocycles. The summed E-state index contributed by atoms with van der Waals surface area (Å²) in [6, 6.07) is 8.48. The summed E-state index contributed by atoms with van der Waals surface area (Å²) in [5.41, 5.74) is 1.33. The molecule has 0 saturated heterocycles. The first-order chi connectivity index (χ1) is 9.11. The van der Waals surface area contributed by atoms with Crippen molar-refractivity contribution in [1.29, 1.82) is 0 Å². The first kappa shape index (κ1) is 13.8. The Kier molecular flexibility index (Phi) is 4.37. The molecule has 0 aliphatic rings. The molecule has 0 radical (unpaired) electrons. The highest BCUT2D eigenvalue weighted by molar-refractivity contribution is 9.10. The number of hydrogen-bond acceptors (Lipinski definition) is 3. The molecule has 0 bridgehead atoms. The van der Waals surface area contributed by atoms with Gasteiger partial charge in [0.25, 0.3) is 0 Å². The summed E-state index contributed by atoms with van der Waals surface area (Å²) >= 11 is 3.24. The zero-order valence-corrected chi connectivity index (χ0v) is 12.2. The van der Waals surface area contributed by atoms with Crippen molar-refractivity contribution in [2.75, 3.05) is 12.4 Å². The van der Waals surface area contributed by atoms with Gasteiger partial charge in [0.1, 0.15) is 5.82 Å². The van der Waals surface area contributed by atoms with E-state index in [1.165, 1.54) is 6.07 Å². The topological polar surface area (TPSA) is 34.1 Å². The fourth-order valence-corrected chi connectivity index (χ4v) is 2.16. The van der Waals surface area contributed by atoms with Gasteiger partial charge in [-0.05, 0) is 31.2 Å². The van der Waals surface area contributed by atoms with Crippen LogP contribution in [0.25, 0.3) is 0 Å². The van der Waals surface area contributed by atoms with E-state index >= 15 is 0 Å². The van der Waals surface area contributed by atoms with Crippen LogP contribution in [0.3, 0.4) is 0 Å². The molecule has 1 unspecified atom stereocenters. The lowest BCUT2D eigenvalue weighted by atomic mass is 10.1. The van der Waals surface area contributed by atoms with Gasteiger partial charge >= 0.3 is 0 Å². The van der Waals surface area contributed by atoms with Crippen LogP contribution < -0.4 is 10.1 Å². The number of pyridine rings is 1. The molecular formula is C14H14BrFN2O. The Balaban J connectivity index is 2.23. The van der Waals surface area contributed by atoms with E-state index in [1.54, 1.807) is 25.4 Å². The fourth-order valence-electron chi connectivity index (χ4n) is 1.83. The van der Waals surface area contributed by atoms with Crippen molar-refractivity contribution in [3.8, 4) is 5.88 Å². The number of anilines is 1. The van der Waals surface area contributed by atoms with Crippen molar-refractivity contribution >= 4 is 21.6 Å². The van der Waals surface area contributed by atoms with E-state index in [-0.39, 0.29) is 11.9 Å². The lowest BCUT2D eigenvalue weighted by molar-refractivity contribution is 0.399. The van der Waals surface area contributed by atoms with Crippen molar-refractivity contribution in [1.82, 2.24) is 4.98 Å². The molecule has 2 aromatic rings. The van der Waals surface area contributed by atoms with Gasteiger partial charge in [-0.2, -0.15) is 0 Å². The highest BCUT2D eigenvalue weighted by Gasteiger charge is 2.13. The average Bonchev–Trinajstić information content (AvgIpc) is 2.39. The Morgan fingerprint density at radius 2 is 2.16 bits per heavy atom. The molecule has 19 heavy (non-hydrogen) atoms. The van der Waals surface area contributed by atoms with Gasteiger partial charge in [-0.25, -0.2) is 9.37 Å². The minimum Gasteiger partial charge on any atom is -0.480 e. The van der Waals surface area contributed by atoms with Gasteiger partial charge in [0, 0.05) is 16.2 Å². The third kappa shape index (κ3) is 3.23. The lowest BCUT2D eigenvalue weighted by Gasteiger charge is -2.17. The van der Waals surface area contributed by atoms with E-state index in [0.717, 1.165) is 10.2 Å². The molecule has 0 saturated carbocycles. The van der Waals surface area contributed by atoms with Crippen LogP contribution in [0.2, 0.25) is 0 Å². The molecule has 3 nitrogen and oxygen atoms in total. The Bertz CT molecular complexity index is 577. The Morgan fingerprint density at radius 3 is 2.84 bits per heavy atom. The highest BCUT2D eigenvalue weighted by Crippen LogP contribution is 2.27. The van der Waals surface area contributed by atoms with Crippen molar-refractivity contribution in [3.63, 3.8) is 0 Å². The zero-order valence-electron chi connectivity index (χ0n) is 10.7. The zero-order chi connectivity index (χ0) is 13.8. The third-order valence-corrected chi connectivity index (χ3v) is 3.26. The lowest BCUT2D eigenvalue weighted by Crippen LogP contribution is -2.09. The van der Waals surface area contributed by atoms with Crippen molar-refractivity contribution < 1.29 is 9.13 Å². The van der Waals surface area contributed by atoms with E-state index in [0.29, 0.717) is 11.4 Å². The van der Waals surface area contributed by atoms with Crippen molar-refractivity contribution in [3.05, 3.63) is 52.4 Å². The van der Waals surface area contributed by atoms with Crippen LogP contribution in [-0.4, -0.2) is 12.1 Å². The number of methoxy groups -OCH3 is 1. The second-order valence-electron chi connectivity index (χ2n) is 4.09. The van der Waals surface area contributed by atoms with Gasteiger partial charge in [-0.15, -0.1) is 0 Å². The number of hydrogen-bond donors (Lipinski definition) is 1. The van der Waals surface area contributed by atoms with Crippen LogP contribution in [0.4, 0.5) is 10.1 Å². The van der Waals surface area contributed by atoms with Crippen LogP contribution in [0, 0.1) is 5.82 Å². The molecule has 2 rings (SSSR count). The standard InChI is InChI=1S/C14H14BrFN2O/c1-9(11-6-5-10(15)8-12(11)16)18-13-4-3-7-17-14(13)19-2/h3-9,18H,1-2H3. The predicted molar refractivity (Wildman–Crippen MR) is 76.9 cm³/mol. The predicted octanol–water partition coefficient (Wildman–Crippen LogP) is 4.16. The maximum atomic E-state index is 13.9. The van der Waals surface area contributed by atoms with E-state index in [2.05, 4.69) is 26.2 Å². The molecule has 1 atom stereocenters. The SMILES string of the molecule is COc1ncccc1NC(C)c1ccc(Br)cc1F. The highest BCUT2D eigenvalue weighted by atomic mass is 79.9. The molecule has 0 spiro atoms. The van der Waals surface area contributed by atoms with E-state index in [4.69, 9.17) is 4.74 Å². The molecular weight excluding hydrogens is 311 g/mol. The summed E-state index contributed by atoms with van der Waals surface area (Å²) in [4.78, 5) is 4.09. The smallest absolute Gasteiger partial charge is 0.237 e. The quantitative estimate of drug-likeness (QED) is 0.916. The summed E-state index contributed by atoms with van der Waals surface area (Å²) in [5, 5.41) is 3.20. The number of rotatable bonds is 4. The largest absolute Gasteiger partial charge is 0.480 e. The van der Waals surface area contributed by atoms with Crippen LogP contribution in [0.1, 0.15) is 18.5 Å². The van der Waals surface area contributed by atoms with Gasteiger partial charge in [-0.3, -0.25) is 0 Å². The van der Waals surface area contributed by atoms with E-state index < -0.39 is 0 Å². The Labute approximate surface area is 119 Å². The molecule has 0 amide bonds. The summed E-state index contributed by atoms with van der Waals surface area (Å²) < 4.78 is 19.7. The molecule has 100 valence electrons. The minimum absolute atomic E-state index is 0.189. The molecule has 5 heteroatoms. The van der Waals surface area contributed by atoms with Gasteiger partial charge in [0.2, 0.25) is 5.88 Å². The van der Waals surface area contributed by atoms with Gasteiger partial charge < -0.3 is 10.1 Å². The summed E-state index contributed by atoms with van der Waals surface area (Å²) in [5.74, 6) is 0.240. The fraction of sp³-hybridized carbons (Fsp3) is 0.214. The summed E-state index contributed by atoms with van der Waals surface area (Å²) in [7, 11) is 1.55. The molecule has 0 aliphatic heterocycles. The van der Waals surface area contributed by atoms with Crippen LogP contribution in [0.5, 0.6) is 5.88 Å². The Morgan fingerprint density at radius 1 is 1.37 bits per heavy atom. The molecule has 1 N–H and O–H groups in total. The van der Waals surface area contributed by atoms with Crippen LogP contribution in [0.15, 0.2) is 41.0 Å². The molecule has 0 fully saturated rings.